The van der Waals surface area contributed by atoms with Gasteiger partial charge in [0.15, 0.2) is 28.3 Å². The van der Waals surface area contributed by atoms with Crippen LogP contribution in [0.15, 0.2) is 206 Å². The fourth-order valence-electron chi connectivity index (χ4n) is 14.6. The van der Waals surface area contributed by atoms with Gasteiger partial charge in [0, 0.05) is 106 Å². The molecule has 4 amide bonds. The van der Waals surface area contributed by atoms with Crippen molar-refractivity contribution in [2.45, 2.75) is 174 Å². The van der Waals surface area contributed by atoms with E-state index in [1.54, 1.807) is 95.0 Å². The number of furan rings is 1. The summed E-state index contributed by atoms with van der Waals surface area (Å²) in [5.41, 5.74) is 13.0. The van der Waals surface area contributed by atoms with Crippen LogP contribution in [-0.2, 0) is 65.4 Å². The van der Waals surface area contributed by atoms with Crippen LogP contribution >= 0.6 is 23.2 Å². The Morgan fingerprint density at radius 1 is 0.484 bits per heavy atom. The molecule has 5 aromatic carbocycles. The summed E-state index contributed by atoms with van der Waals surface area (Å²) in [6.07, 6.45) is 12.5. The van der Waals surface area contributed by atoms with Crippen molar-refractivity contribution in [2.24, 2.45) is 11.8 Å². The number of nitrogens with zero attached hydrogens (tertiary/aromatic N) is 16. The lowest BCUT2D eigenvalue weighted by atomic mass is 10.1. The van der Waals surface area contributed by atoms with E-state index in [2.05, 4.69) is 137 Å². The Morgan fingerprint density at radius 2 is 0.960 bits per heavy atom. The molecule has 124 heavy (non-hydrogen) atoms. The van der Waals surface area contributed by atoms with Gasteiger partial charge in [-0.2, -0.15) is 0 Å². The van der Waals surface area contributed by atoms with E-state index in [0.717, 1.165) is 143 Å². The van der Waals surface area contributed by atoms with E-state index in [1.807, 2.05) is 96.1 Å². The number of carbonyl (C=O) groups is 4. The van der Waals surface area contributed by atoms with Gasteiger partial charge in [0.1, 0.15) is 75.1 Å². The van der Waals surface area contributed by atoms with Crippen molar-refractivity contribution >= 4 is 91.5 Å². The van der Waals surface area contributed by atoms with Crippen molar-refractivity contribution in [3.8, 4) is 5.75 Å². The van der Waals surface area contributed by atoms with Crippen LogP contribution in [0.3, 0.4) is 0 Å². The van der Waals surface area contributed by atoms with Crippen LogP contribution in [0.1, 0.15) is 180 Å². The zero-order valence-corrected chi connectivity index (χ0v) is 74.4. The van der Waals surface area contributed by atoms with Crippen LogP contribution < -0.4 is 10.1 Å². The first-order chi connectivity index (χ1) is 59.8. The fraction of sp³-hybridized carbons (Fsp3) is 0.340. The smallest absolute Gasteiger partial charge is 0.290 e. The Kier molecular flexibility index (Phi) is 33.3. The Bertz CT molecular complexity index is 5940. The Hall–Kier alpha value is -12.3. The normalized spacial score (nSPS) is 11.2. The van der Waals surface area contributed by atoms with Crippen LogP contribution in [0.2, 0.25) is 10.0 Å². The third-order valence-corrected chi connectivity index (χ3v) is 21.0. The highest BCUT2D eigenvalue weighted by Crippen LogP contribution is 2.29. The molecule has 648 valence electrons. The van der Waals surface area contributed by atoms with Gasteiger partial charge < -0.3 is 52.3 Å². The minimum absolute atomic E-state index is 0.0233. The highest BCUT2D eigenvalue weighted by molar-refractivity contribution is 6.36. The van der Waals surface area contributed by atoms with Crippen molar-refractivity contribution in [3.63, 3.8) is 0 Å². The average molecular weight is 1720 g/mol. The molecule has 0 atom stereocenters. The van der Waals surface area contributed by atoms with E-state index in [9.17, 15) is 28.0 Å². The molecule has 14 aromatic rings. The summed E-state index contributed by atoms with van der Waals surface area (Å²) in [4.78, 5) is 97.3. The Labute approximate surface area is 734 Å². The van der Waals surface area contributed by atoms with Gasteiger partial charge in [-0.3, -0.25) is 19.2 Å². The van der Waals surface area contributed by atoms with Gasteiger partial charge in [-0.1, -0.05) is 139 Å². The molecule has 27 heteroatoms. The Balaban J connectivity index is 0.000000162. The second kappa shape index (κ2) is 44.7. The molecule has 0 aliphatic rings. The monoisotopic (exact) mass is 1720 g/mol. The highest BCUT2D eigenvalue weighted by Gasteiger charge is 2.28. The Morgan fingerprint density at radius 3 is 1.43 bits per heavy atom. The van der Waals surface area contributed by atoms with Crippen LogP contribution in [0, 0.1) is 51.2 Å². The highest BCUT2D eigenvalue weighted by atomic mass is 35.5. The molecule has 9 aromatic heterocycles. The summed E-state index contributed by atoms with van der Waals surface area (Å²) in [6.45, 7) is 36.7. The number of fused-ring (bicyclic) bond motifs is 4. The largest absolute Gasteiger partial charge is 0.492 e. The quantitative estimate of drug-likeness (QED) is 0.0291. The number of carbonyl (C=O) groups excluding carboxylic acids is 4. The molecule has 0 bridgehead atoms. The van der Waals surface area contributed by atoms with Crippen molar-refractivity contribution in [3.05, 3.63) is 302 Å². The standard InChI is InChI=1S/C31H39N5O2.C24H25FN4O2.C21H24Cl2N4O.C21H23FN4O/c1-5-16-36-29(34-28-13-8-14-33-30(28)36)22-35(21-23(2)3)31(37)26-11-7-12-27(19-26)38-17-15-32-20-25-10-6-9-24(4)18-25;1-4-12-29-22(27-20-6-5-11-26-23(20)29)15-28(14-18-7-9-19(25)10-8-18)24(30)21-13-16(2)17(3)31-21;1-4-10-27-19(25-18-6-5-9-24-20(18)27)13-26(12-14(2)3)21(28)16-8-7-15(22)11-17(16)23;1-4-11-25(21(27)17-13-16(22)9-8-15(17)3)14-19-24-18-7-6-10-23-20(18)26(19)12-5-2/h6-14,18-19,23,32H,5,15-17,20-22H2,1-4H3;5-11,13H,4,12,14-15H2,1-3H3;5-9,11,14H,4,10,12-13H2,1-3H3;4,6-10,13H,1,5,11-12,14H2,2-3H3. The molecular weight excluding hydrogens is 1610 g/mol. The SMILES string of the molecule is C=CCN(Cc1nc2cccnc2n1CCC)C(=O)c1cc(F)ccc1C.CCCn1c(CN(CC(C)C)C(=O)c2ccc(Cl)cc2Cl)nc2cccnc21.CCCn1c(CN(CC(C)C)C(=O)c2cccc(OCCNCc3cccc(C)c3)c2)nc2cccnc21.CCCn1c(CN(Cc2ccc(F)cc2)C(=O)c2cc(C)c(C)o2)nc2cccnc21. The maximum absolute atomic E-state index is 13.7. The number of rotatable bonds is 34. The number of pyridine rings is 4. The molecular formula is C97H111Cl2F2N17O6. The minimum atomic E-state index is -0.426. The first-order valence-electron chi connectivity index (χ1n) is 42.4. The molecule has 14 rings (SSSR count). The topological polar surface area (TPSA) is 238 Å². The third-order valence-electron chi connectivity index (χ3n) is 20.4. The number of nitrogens with one attached hydrogen (secondary N) is 1. The molecule has 0 aliphatic heterocycles. The van der Waals surface area contributed by atoms with Crippen LogP contribution in [-0.4, -0.2) is 134 Å². The van der Waals surface area contributed by atoms with E-state index < -0.39 is 5.82 Å². The fourth-order valence-corrected chi connectivity index (χ4v) is 15.1. The second-order valence-electron chi connectivity index (χ2n) is 31.5. The van der Waals surface area contributed by atoms with Crippen molar-refractivity contribution < 1.29 is 37.1 Å². The van der Waals surface area contributed by atoms with E-state index >= 15 is 0 Å². The van der Waals surface area contributed by atoms with E-state index in [1.165, 1.54) is 35.4 Å². The molecule has 0 saturated carbocycles. The zero-order valence-electron chi connectivity index (χ0n) is 72.9. The molecule has 0 aliphatic carbocycles. The van der Waals surface area contributed by atoms with Gasteiger partial charge in [-0.05, 0) is 203 Å². The van der Waals surface area contributed by atoms with Gasteiger partial charge in [-0.25, -0.2) is 48.7 Å². The summed E-state index contributed by atoms with van der Waals surface area (Å²) < 4.78 is 47.0. The number of benzene rings is 5. The van der Waals surface area contributed by atoms with Crippen molar-refractivity contribution in [2.75, 3.05) is 32.8 Å². The third kappa shape index (κ3) is 24.3. The predicted molar refractivity (Wildman–Crippen MR) is 486 cm³/mol. The van der Waals surface area contributed by atoms with Crippen molar-refractivity contribution in [1.29, 1.82) is 0 Å². The average Bonchev–Trinajstić information content (AvgIpc) is 1.65. The van der Waals surface area contributed by atoms with E-state index in [-0.39, 0.29) is 41.8 Å². The minimum Gasteiger partial charge on any atom is -0.492 e. The maximum atomic E-state index is 13.7. The molecule has 0 saturated heterocycles. The van der Waals surface area contributed by atoms with Crippen LogP contribution in [0.25, 0.3) is 44.7 Å². The van der Waals surface area contributed by atoms with E-state index in [4.69, 9.17) is 47.3 Å². The molecule has 23 nitrogen and oxygen atoms in total. The van der Waals surface area contributed by atoms with Gasteiger partial charge in [0.25, 0.3) is 23.6 Å². The number of imidazole rings is 4. The second-order valence-corrected chi connectivity index (χ2v) is 32.3. The number of aromatic nitrogens is 12. The number of hydrogen-bond acceptors (Lipinski definition) is 15. The molecule has 0 unspecified atom stereocenters. The van der Waals surface area contributed by atoms with Gasteiger partial charge >= 0.3 is 0 Å². The molecule has 0 radical (unpaired) electrons. The summed E-state index contributed by atoms with van der Waals surface area (Å²) in [5.74, 6) is 4.16. The van der Waals surface area contributed by atoms with Crippen molar-refractivity contribution in [1.82, 2.24) is 83.1 Å². The summed E-state index contributed by atoms with van der Waals surface area (Å²) in [5, 5.41) is 4.28. The first-order valence-corrected chi connectivity index (χ1v) is 43.1. The van der Waals surface area contributed by atoms with Crippen LogP contribution in [0.4, 0.5) is 8.78 Å². The van der Waals surface area contributed by atoms with Gasteiger partial charge in [0.2, 0.25) is 0 Å². The number of hydrogen-bond donors (Lipinski definition) is 1. The van der Waals surface area contributed by atoms with Gasteiger partial charge in [0.05, 0.1) is 36.8 Å². The summed E-state index contributed by atoms with van der Waals surface area (Å²) in [6, 6.07) is 48.3. The number of halogens is 4. The predicted octanol–water partition coefficient (Wildman–Crippen LogP) is 20.2. The van der Waals surface area contributed by atoms with Gasteiger partial charge in [-0.15, -0.1) is 6.58 Å². The number of aryl methyl sites for hydroxylation is 8. The zero-order chi connectivity index (χ0) is 88.5. The molecule has 1 N–H and O–H groups in total. The number of ether oxygens (including phenoxy) is 1. The lowest BCUT2D eigenvalue weighted by Crippen LogP contribution is -2.35. The number of amides is 4. The lowest BCUT2D eigenvalue weighted by Gasteiger charge is -2.25. The molecule has 9 heterocycles. The molecule has 0 fully saturated rings. The summed E-state index contributed by atoms with van der Waals surface area (Å²) in [7, 11) is 0. The van der Waals surface area contributed by atoms with E-state index in [0.29, 0.717) is 109 Å². The maximum Gasteiger partial charge on any atom is 0.290 e. The molecule has 0 spiro atoms. The lowest BCUT2D eigenvalue weighted by molar-refractivity contribution is 0.0687. The van der Waals surface area contributed by atoms with Crippen LogP contribution in [0.5, 0.6) is 5.75 Å². The first kappa shape index (κ1) is 92.4. The summed E-state index contributed by atoms with van der Waals surface area (Å²) >= 11 is 12.3.